The summed E-state index contributed by atoms with van der Waals surface area (Å²) in [5.41, 5.74) is 0.594. The number of rotatable bonds is 3. The van der Waals surface area contributed by atoms with Crippen LogP contribution in [-0.2, 0) is 0 Å². The maximum Gasteiger partial charge on any atom is 0.317 e. The van der Waals surface area contributed by atoms with Crippen LogP contribution in [0.5, 0.6) is 0 Å². The maximum atomic E-state index is 12.2. The molecule has 0 spiro atoms. The number of hydrogen-bond acceptors (Lipinski definition) is 3. The zero-order valence-electron chi connectivity index (χ0n) is 11.7. The summed E-state index contributed by atoms with van der Waals surface area (Å²) in [5, 5.41) is 2.85. The average molecular weight is 276 g/mol. The normalized spacial score (nSPS) is 15.1. The summed E-state index contributed by atoms with van der Waals surface area (Å²) in [4.78, 5) is 31.5. The highest BCUT2D eigenvalue weighted by atomic mass is 16.2. The van der Waals surface area contributed by atoms with Crippen molar-refractivity contribution < 1.29 is 9.59 Å². The number of carbonyl (C=O) groups is 2. The van der Waals surface area contributed by atoms with Crippen LogP contribution in [0.15, 0.2) is 24.5 Å². The van der Waals surface area contributed by atoms with Crippen molar-refractivity contribution in [2.75, 3.05) is 32.7 Å². The van der Waals surface area contributed by atoms with Crippen LogP contribution in [-0.4, -0.2) is 59.4 Å². The van der Waals surface area contributed by atoms with Gasteiger partial charge in [-0.25, -0.2) is 4.79 Å². The molecule has 2 rings (SSSR count). The molecule has 1 N–H and O–H groups in total. The number of carbonyl (C=O) groups excluding carboxylic acids is 2. The van der Waals surface area contributed by atoms with E-state index >= 15 is 0 Å². The van der Waals surface area contributed by atoms with Gasteiger partial charge in [-0.1, -0.05) is 6.92 Å². The lowest BCUT2D eigenvalue weighted by Crippen LogP contribution is -2.53. The summed E-state index contributed by atoms with van der Waals surface area (Å²) in [6.07, 6.45) is 4.14. The van der Waals surface area contributed by atoms with Gasteiger partial charge < -0.3 is 15.1 Å². The number of pyridine rings is 1. The van der Waals surface area contributed by atoms with Crippen molar-refractivity contribution in [1.29, 1.82) is 0 Å². The Hall–Kier alpha value is -2.11. The molecule has 0 bridgehead atoms. The lowest BCUT2D eigenvalue weighted by Gasteiger charge is -2.34. The first-order valence-corrected chi connectivity index (χ1v) is 6.94. The molecule has 0 aliphatic carbocycles. The molecule has 1 aliphatic rings. The summed E-state index contributed by atoms with van der Waals surface area (Å²) in [6, 6.07) is 3.47. The minimum Gasteiger partial charge on any atom is -0.338 e. The van der Waals surface area contributed by atoms with Crippen LogP contribution in [0.2, 0.25) is 0 Å². The third kappa shape index (κ3) is 3.46. The van der Waals surface area contributed by atoms with Gasteiger partial charge in [0, 0.05) is 45.1 Å². The first-order valence-electron chi connectivity index (χ1n) is 6.94. The van der Waals surface area contributed by atoms with E-state index in [0.29, 0.717) is 38.3 Å². The van der Waals surface area contributed by atoms with Crippen LogP contribution in [0.1, 0.15) is 23.7 Å². The van der Waals surface area contributed by atoms with Crippen molar-refractivity contribution in [2.24, 2.45) is 0 Å². The van der Waals surface area contributed by atoms with Gasteiger partial charge in [0.15, 0.2) is 0 Å². The molecular weight excluding hydrogens is 256 g/mol. The second-order valence-corrected chi connectivity index (χ2v) is 4.75. The van der Waals surface area contributed by atoms with E-state index in [2.05, 4.69) is 10.3 Å². The Balaban J connectivity index is 1.85. The van der Waals surface area contributed by atoms with Gasteiger partial charge in [-0.05, 0) is 18.6 Å². The summed E-state index contributed by atoms with van der Waals surface area (Å²) in [7, 11) is 0. The van der Waals surface area contributed by atoms with E-state index in [1.807, 2.05) is 6.92 Å². The molecular formula is C14H20N4O2. The molecule has 1 aromatic rings. The Morgan fingerprint density at radius 2 is 1.95 bits per heavy atom. The molecule has 3 amide bonds. The Kier molecular flexibility index (Phi) is 4.92. The van der Waals surface area contributed by atoms with E-state index < -0.39 is 0 Å². The predicted molar refractivity (Wildman–Crippen MR) is 75.4 cm³/mol. The molecule has 1 fully saturated rings. The first-order chi connectivity index (χ1) is 9.72. The van der Waals surface area contributed by atoms with Gasteiger partial charge in [0.05, 0.1) is 5.56 Å². The molecule has 108 valence electrons. The molecule has 0 aromatic carbocycles. The minimum atomic E-state index is -0.0414. The van der Waals surface area contributed by atoms with Crippen LogP contribution in [0.25, 0.3) is 0 Å². The second-order valence-electron chi connectivity index (χ2n) is 4.75. The second kappa shape index (κ2) is 6.88. The lowest BCUT2D eigenvalue weighted by atomic mass is 10.2. The zero-order chi connectivity index (χ0) is 14.4. The van der Waals surface area contributed by atoms with E-state index in [0.717, 1.165) is 6.42 Å². The highest BCUT2D eigenvalue weighted by Gasteiger charge is 2.24. The summed E-state index contributed by atoms with van der Waals surface area (Å²) < 4.78 is 0. The Morgan fingerprint density at radius 3 is 2.55 bits per heavy atom. The van der Waals surface area contributed by atoms with Gasteiger partial charge in [0.1, 0.15) is 0 Å². The van der Waals surface area contributed by atoms with Crippen molar-refractivity contribution in [3.63, 3.8) is 0 Å². The Morgan fingerprint density at radius 1 is 1.25 bits per heavy atom. The van der Waals surface area contributed by atoms with Crippen LogP contribution >= 0.6 is 0 Å². The van der Waals surface area contributed by atoms with Crippen molar-refractivity contribution in [3.05, 3.63) is 30.1 Å². The van der Waals surface area contributed by atoms with Gasteiger partial charge in [0.25, 0.3) is 5.91 Å². The Labute approximate surface area is 118 Å². The highest BCUT2D eigenvalue weighted by Crippen LogP contribution is 2.08. The van der Waals surface area contributed by atoms with Crippen molar-refractivity contribution >= 4 is 11.9 Å². The van der Waals surface area contributed by atoms with Gasteiger partial charge in [-0.2, -0.15) is 0 Å². The fraction of sp³-hybridized carbons (Fsp3) is 0.500. The molecule has 0 saturated carbocycles. The molecule has 0 radical (unpaired) electrons. The molecule has 0 unspecified atom stereocenters. The molecule has 1 aliphatic heterocycles. The fourth-order valence-electron chi connectivity index (χ4n) is 2.13. The molecule has 2 heterocycles. The number of nitrogens with one attached hydrogen (secondary N) is 1. The van der Waals surface area contributed by atoms with Crippen LogP contribution in [0.3, 0.4) is 0 Å². The third-order valence-corrected chi connectivity index (χ3v) is 3.29. The number of hydrogen-bond donors (Lipinski definition) is 1. The fourth-order valence-corrected chi connectivity index (χ4v) is 2.13. The molecule has 0 atom stereocenters. The van der Waals surface area contributed by atoms with Crippen molar-refractivity contribution in [1.82, 2.24) is 20.1 Å². The standard InChI is InChI=1S/C14H20N4O2/c1-2-5-16-14(20)18-9-7-17(8-10-18)13(19)12-4-3-6-15-11-12/h3-4,6,11H,2,5,7-10H2,1H3,(H,16,20). The molecule has 6 heteroatoms. The van der Waals surface area contributed by atoms with E-state index in [1.165, 1.54) is 0 Å². The topological polar surface area (TPSA) is 65.5 Å². The molecule has 1 saturated heterocycles. The number of urea groups is 1. The van der Waals surface area contributed by atoms with Gasteiger partial charge >= 0.3 is 6.03 Å². The first kappa shape index (κ1) is 14.3. The number of aromatic nitrogens is 1. The summed E-state index contributed by atoms with van der Waals surface area (Å²) in [6.45, 7) is 4.97. The number of nitrogens with zero attached hydrogens (tertiary/aromatic N) is 3. The van der Waals surface area contributed by atoms with E-state index in [9.17, 15) is 9.59 Å². The predicted octanol–water partition coefficient (Wildman–Crippen LogP) is 0.959. The summed E-state index contributed by atoms with van der Waals surface area (Å²) in [5.74, 6) is -0.0216. The SMILES string of the molecule is CCCNC(=O)N1CCN(C(=O)c2cccnc2)CC1. The molecule has 1 aromatic heterocycles. The van der Waals surface area contributed by atoms with Gasteiger partial charge in [-0.15, -0.1) is 0 Å². The summed E-state index contributed by atoms with van der Waals surface area (Å²) >= 11 is 0. The largest absolute Gasteiger partial charge is 0.338 e. The smallest absolute Gasteiger partial charge is 0.317 e. The third-order valence-electron chi connectivity index (χ3n) is 3.29. The number of piperazine rings is 1. The zero-order valence-corrected chi connectivity index (χ0v) is 11.7. The van der Waals surface area contributed by atoms with Gasteiger partial charge in [0.2, 0.25) is 0 Å². The van der Waals surface area contributed by atoms with Crippen LogP contribution in [0, 0.1) is 0 Å². The van der Waals surface area contributed by atoms with Gasteiger partial charge in [-0.3, -0.25) is 9.78 Å². The van der Waals surface area contributed by atoms with Crippen molar-refractivity contribution in [2.45, 2.75) is 13.3 Å². The van der Waals surface area contributed by atoms with Crippen molar-refractivity contribution in [3.8, 4) is 0 Å². The minimum absolute atomic E-state index is 0.0216. The van der Waals surface area contributed by atoms with Crippen LogP contribution in [0.4, 0.5) is 4.79 Å². The number of amides is 3. The quantitative estimate of drug-likeness (QED) is 0.894. The van der Waals surface area contributed by atoms with Crippen LogP contribution < -0.4 is 5.32 Å². The lowest BCUT2D eigenvalue weighted by molar-refractivity contribution is 0.0664. The van der Waals surface area contributed by atoms with E-state index in [-0.39, 0.29) is 11.9 Å². The molecule has 20 heavy (non-hydrogen) atoms. The maximum absolute atomic E-state index is 12.2. The Bertz CT molecular complexity index is 456. The highest BCUT2D eigenvalue weighted by molar-refractivity contribution is 5.94. The van der Waals surface area contributed by atoms with E-state index in [1.54, 1.807) is 34.3 Å². The van der Waals surface area contributed by atoms with E-state index in [4.69, 9.17) is 0 Å². The molecule has 6 nitrogen and oxygen atoms in total. The average Bonchev–Trinajstić information content (AvgIpc) is 2.53. The monoisotopic (exact) mass is 276 g/mol.